The maximum Gasteiger partial charge on any atom is 0.224 e. The van der Waals surface area contributed by atoms with Crippen molar-refractivity contribution < 1.29 is 14.3 Å². The lowest BCUT2D eigenvalue weighted by molar-refractivity contribution is -0.132. The lowest BCUT2D eigenvalue weighted by Gasteiger charge is -2.33. The van der Waals surface area contributed by atoms with Crippen LogP contribution in [0.1, 0.15) is 30.9 Å². The third-order valence-corrected chi connectivity index (χ3v) is 5.19. The molecule has 1 saturated heterocycles. The van der Waals surface area contributed by atoms with Crippen LogP contribution in [0.2, 0.25) is 0 Å². The van der Waals surface area contributed by atoms with E-state index in [1.54, 1.807) is 14.2 Å². The minimum atomic E-state index is -0.256. The monoisotopic (exact) mass is 383 g/mol. The number of ether oxygens (including phenoxy) is 2. The van der Waals surface area contributed by atoms with E-state index in [0.29, 0.717) is 12.5 Å². The molecule has 1 unspecified atom stereocenters. The number of hydrogen-bond donors (Lipinski definition) is 2. The van der Waals surface area contributed by atoms with Crippen molar-refractivity contribution in [2.45, 2.75) is 31.3 Å². The Kier molecular flexibility index (Phi) is 6.76. The van der Waals surface area contributed by atoms with Gasteiger partial charge in [-0.05, 0) is 18.4 Å². The number of anilines is 1. The number of likely N-dealkylation sites (tertiary alicyclic amines) is 1. The molecule has 3 rings (SSSR count). The van der Waals surface area contributed by atoms with Crippen molar-refractivity contribution in [3.63, 3.8) is 0 Å². The summed E-state index contributed by atoms with van der Waals surface area (Å²) in [5.41, 5.74) is 8.17. The number of benzene rings is 2. The van der Waals surface area contributed by atoms with Gasteiger partial charge in [0.1, 0.15) is 11.5 Å². The van der Waals surface area contributed by atoms with E-state index < -0.39 is 0 Å². The number of hydrogen-bond acceptors (Lipinski definition) is 5. The SMILES string of the molecule is COc1cc(NC2CCN(C(=O)CC(N)c3ccccc3)CC2)cc(OC)c1. The Hall–Kier alpha value is -2.73. The van der Waals surface area contributed by atoms with E-state index in [0.717, 1.165) is 48.7 Å². The van der Waals surface area contributed by atoms with Gasteiger partial charge in [0, 0.05) is 55.5 Å². The van der Waals surface area contributed by atoms with Gasteiger partial charge in [-0.3, -0.25) is 4.79 Å². The number of piperidine rings is 1. The average Bonchev–Trinajstić information content (AvgIpc) is 2.74. The summed E-state index contributed by atoms with van der Waals surface area (Å²) in [6, 6.07) is 15.6. The highest BCUT2D eigenvalue weighted by Crippen LogP contribution is 2.27. The molecule has 150 valence electrons. The maximum absolute atomic E-state index is 12.6. The van der Waals surface area contributed by atoms with Crippen molar-refractivity contribution in [1.82, 2.24) is 4.90 Å². The van der Waals surface area contributed by atoms with Gasteiger partial charge in [0.25, 0.3) is 0 Å². The van der Waals surface area contributed by atoms with Crippen LogP contribution in [0.15, 0.2) is 48.5 Å². The molecule has 0 bridgehead atoms. The van der Waals surface area contributed by atoms with E-state index >= 15 is 0 Å². The summed E-state index contributed by atoms with van der Waals surface area (Å²) in [7, 11) is 3.28. The lowest BCUT2D eigenvalue weighted by Crippen LogP contribution is -2.43. The van der Waals surface area contributed by atoms with Gasteiger partial charge < -0.3 is 25.4 Å². The number of carbonyl (C=O) groups excluding carboxylic acids is 1. The van der Waals surface area contributed by atoms with Crippen molar-refractivity contribution in [1.29, 1.82) is 0 Å². The summed E-state index contributed by atoms with van der Waals surface area (Å²) >= 11 is 0. The van der Waals surface area contributed by atoms with E-state index in [2.05, 4.69) is 5.32 Å². The molecule has 0 aliphatic carbocycles. The molecule has 2 aromatic carbocycles. The standard InChI is InChI=1S/C22H29N3O3/c1-27-19-12-18(13-20(14-19)28-2)24-17-8-10-25(11-9-17)22(26)15-21(23)16-6-4-3-5-7-16/h3-7,12-14,17,21,24H,8-11,15,23H2,1-2H3. The lowest BCUT2D eigenvalue weighted by atomic mass is 10.0. The normalized spacial score (nSPS) is 15.8. The van der Waals surface area contributed by atoms with E-state index in [1.165, 1.54) is 0 Å². The fourth-order valence-corrected chi connectivity index (χ4v) is 3.54. The molecule has 1 aliphatic rings. The second-order valence-corrected chi connectivity index (χ2v) is 7.12. The van der Waals surface area contributed by atoms with Gasteiger partial charge in [-0.1, -0.05) is 30.3 Å². The van der Waals surface area contributed by atoms with Crippen molar-refractivity contribution in [2.24, 2.45) is 5.73 Å². The van der Waals surface area contributed by atoms with E-state index in [1.807, 2.05) is 53.4 Å². The number of nitrogens with zero attached hydrogens (tertiary/aromatic N) is 1. The van der Waals surface area contributed by atoms with Crippen LogP contribution in [0.5, 0.6) is 11.5 Å². The van der Waals surface area contributed by atoms with E-state index in [9.17, 15) is 4.79 Å². The van der Waals surface area contributed by atoms with Gasteiger partial charge in [0.15, 0.2) is 0 Å². The molecule has 0 aromatic heterocycles. The molecule has 0 spiro atoms. The Bertz CT molecular complexity index is 752. The number of nitrogens with two attached hydrogens (primary N) is 1. The fourth-order valence-electron chi connectivity index (χ4n) is 3.54. The third-order valence-electron chi connectivity index (χ3n) is 5.19. The minimum absolute atomic E-state index is 0.123. The molecule has 1 atom stereocenters. The largest absolute Gasteiger partial charge is 0.497 e. The van der Waals surface area contributed by atoms with Crippen LogP contribution in [-0.4, -0.2) is 44.2 Å². The van der Waals surface area contributed by atoms with Crippen LogP contribution in [0, 0.1) is 0 Å². The zero-order chi connectivity index (χ0) is 19.9. The van der Waals surface area contributed by atoms with E-state index in [4.69, 9.17) is 15.2 Å². The molecular weight excluding hydrogens is 354 g/mol. The Balaban J connectivity index is 1.51. The summed E-state index contributed by atoms with van der Waals surface area (Å²) in [5.74, 6) is 1.63. The van der Waals surface area contributed by atoms with Gasteiger partial charge in [0.2, 0.25) is 5.91 Å². The summed E-state index contributed by atoms with van der Waals surface area (Å²) in [4.78, 5) is 14.5. The van der Waals surface area contributed by atoms with Crippen LogP contribution in [0.25, 0.3) is 0 Å². The first-order chi connectivity index (χ1) is 13.6. The van der Waals surface area contributed by atoms with Gasteiger partial charge in [-0.2, -0.15) is 0 Å². The summed E-state index contributed by atoms with van der Waals surface area (Å²) in [6.45, 7) is 1.47. The van der Waals surface area contributed by atoms with Crippen LogP contribution < -0.4 is 20.5 Å². The summed E-state index contributed by atoms with van der Waals surface area (Å²) < 4.78 is 10.6. The Morgan fingerprint density at radius 1 is 1.11 bits per heavy atom. The molecule has 3 N–H and O–H groups in total. The smallest absolute Gasteiger partial charge is 0.224 e. The van der Waals surface area contributed by atoms with Crippen LogP contribution in [-0.2, 0) is 4.79 Å². The molecule has 1 amide bonds. The molecular formula is C22H29N3O3. The molecule has 28 heavy (non-hydrogen) atoms. The molecule has 0 saturated carbocycles. The molecule has 1 aliphatic heterocycles. The number of rotatable bonds is 7. The Morgan fingerprint density at radius 3 is 2.29 bits per heavy atom. The Morgan fingerprint density at radius 2 is 1.71 bits per heavy atom. The predicted octanol–water partition coefficient (Wildman–Crippen LogP) is 3.20. The zero-order valence-corrected chi connectivity index (χ0v) is 16.6. The van der Waals surface area contributed by atoms with Crippen molar-refractivity contribution in [3.8, 4) is 11.5 Å². The third kappa shape index (κ3) is 5.16. The van der Waals surface area contributed by atoms with Crippen LogP contribution in [0.4, 0.5) is 5.69 Å². The van der Waals surface area contributed by atoms with Gasteiger partial charge in [-0.25, -0.2) is 0 Å². The Labute approximate surface area is 166 Å². The number of methoxy groups -OCH3 is 2. The molecule has 2 aromatic rings. The number of amides is 1. The predicted molar refractivity (Wildman–Crippen MR) is 111 cm³/mol. The molecule has 6 nitrogen and oxygen atoms in total. The summed E-state index contributed by atoms with van der Waals surface area (Å²) in [5, 5.41) is 3.53. The number of carbonyl (C=O) groups is 1. The second-order valence-electron chi connectivity index (χ2n) is 7.12. The van der Waals surface area contributed by atoms with E-state index in [-0.39, 0.29) is 11.9 Å². The van der Waals surface area contributed by atoms with Gasteiger partial charge in [0.05, 0.1) is 14.2 Å². The van der Waals surface area contributed by atoms with Gasteiger partial charge >= 0.3 is 0 Å². The highest BCUT2D eigenvalue weighted by molar-refractivity contribution is 5.77. The zero-order valence-electron chi connectivity index (χ0n) is 16.6. The topological polar surface area (TPSA) is 76.8 Å². The fraction of sp³-hybridized carbons (Fsp3) is 0.409. The second kappa shape index (κ2) is 9.46. The first-order valence-corrected chi connectivity index (χ1v) is 9.67. The van der Waals surface area contributed by atoms with Crippen molar-refractivity contribution in [3.05, 3.63) is 54.1 Å². The van der Waals surface area contributed by atoms with Crippen LogP contribution in [0.3, 0.4) is 0 Å². The quantitative estimate of drug-likeness (QED) is 0.768. The number of nitrogens with one attached hydrogen (secondary N) is 1. The maximum atomic E-state index is 12.6. The highest BCUT2D eigenvalue weighted by Gasteiger charge is 2.24. The molecule has 1 heterocycles. The summed E-state index contributed by atoms with van der Waals surface area (Å²) in [6.07, 6.45) is 2.13. The van der Waals surface area contributed by atoms with Crippen molar-refractivity contribution in [2.75, 3.05) is 32.6 Å². The molecule has 1 fully saturated rings. The molecule has 0 radical (unpaired) electrons. The van der Waals surface area contributed by atoms with Crippen LogP contribution >= 0.6 is 0 Å². The first-order valence-electron chi connectivity index (χ1n) is 9.67. The minimum Gasteiger partial charge on any atom is -0.497 e. The van der Waals surface area contributed by atoms with Crippen molar-refractivity contribution >= 4 is 11.6 Å². The van der Waals surface area contributed by atoms with Gasteiger partial charge in [-0.15, -0.1) is 0 Å². The average molecular weight is 383 g/mol. The first kappa shape index (κ1) is 20.0. The highest BCUT2D eigenvalue weighted by atomic mass is 16.5. The molecule has 6 heteroatoms.